The Morgan fingerprint density at radius 3 is 2.52 bits per heavy atom. The molecule has 0 spiro atoms. The lowest BCUT2D eigenvalue weighted by molar-refractivity contribution is -0.132. The molecule has 0 amide bonds. The van der Waals surface area contributed by atoms with Crippen LogP contribution >= 0.6 is 0 Å². The average Bonchev–Trinajstić information content (AvgIpc) is 3.04. The predicted molar refractivity (Wildman–Crippen MR) is 120 cm³/mol. The number of hydrogen-bond acceptors (Lipinski definition) is 1. The second-order valence-corrected chi connectivity index (χ2v) is 11.9. The molecule has 0 aliphatic heterocycles. The Morgan fingerprint density at radius 2 is 1.76 bits per heavy atom. The van der Waals surface area contributed by atoms with Gasteiger partial charge in [-0.1, -0.05) is 46.6 Å². The van der Waals surface area contributed by atoms with Crippen LogP contribution < -0.4 is 0 Å². The quantitative estimate of drug-likeness (QED) is 0.469. The molecule has 4 aliphatic rings. The van der Waals surface area contributed by atoms with Gasteiger partial charge in [-0.2, -0.15) is 0 Å². The minimum atomic E-state index is -0.823. The van der Waals surface area contributed by atoms with Gasteiger partial charge in [0.2, 0.25) is 0 Å². The van der Waals surface area contributed by atoms with Crippen LogP contribution in [0.3, 0.4) is 0 Å². The fraction of sp³-hybridized carbons (Fsp3) is 0.889. The van der Waals surface area contributed by atoms with Crippen molar-refractivity contribution < 1.29 is 9.90 Å². The van der Waals surface area contributed by atoms with E-state index in [4.69, 9.17) is 5.11 Å². The Morgan fingerprint density at radius 1 is 1.00 bits per heavy atom. The molecule has 4 aliphatic carbocycles. The lowest BCUT2D eigenvalue weighted by atomic mass is 9.44. The van der Waals surface area contributed by atoms with Crippen LogP contribution in [0.15, 0.2) is 12.2 Å². The van der Waals surface area contributed by atoms with Crippen molar-refractivity contribution in [1.29, 1.82) is 0 Å². The highest BCUT2D eigenvalue weighted by atomic mass is 16.4. The van der Waals surface area contributed by atoms with E-state index in [1.807, 2.05) is 0 Å². The number of carboxylic acid groups (broad SMARTS) is 1. The standard InChI is InChI=1S/C27H44O2/c1-18(8-7-9-19(2)25(28)29)22-13-14-23-21-12-11-20-10-5-6-16-26(20,3)24(21)15-17-27(22,23)4/h18,20-24H,2,5-17H2,1,3-4H3,(H,28,29)/t18-,20?,21+,22-,23+,24+,26+,27-/m1/s1. The van der Waals surface area contributed by atoms with E-state index in [0.29, 0.717) is 28.7 Å². The lowest BCUT2D eigenvalue weighted by Gasteiger charge is -2.61. The molecule has 164 valence electrons. The Kier molecular flexibility index (Phi) is 5.95. The van der Waals surface area contributed by atoms with E-state index >= 15 is 0 Å². The van der Waals surface area contributed by atoms with E-state index in [1.54, 1.807) is 0 Å². The Bertz CT molecular complexity index is 638. The van der Waals surface area contributed by atoms with Crippen molar-refractivity contribution in [3.8, 4) is 0 Å². The maximum atomic E-state index is 11.0. The van der Waals surface area contributed by atoms with Crippen molar-refractivity contribution in [2.24, 2.45) is 46.3 Å². The van der Waals surface area contributed by atoms with Gasteiger partial charge in [0, 0.05) is 5.57 Å². The van der Waals surface area contributed by atoms with Crippen LogP contribution in [-0.4, -0.2) is 11.1 Å². The van der Waals surface area contributed by atoms with E-state index in [9.17, 15) is 4.79 Å². The second kappa shape index (κ2) is 8.04. The highest BCUT2D eigenvalue weighted by Gasteiger charge is 2.59. The number of aliphatic carboxylic acids is 1. The summed E-state index contributed by atoms with van der Waals surface area (Å²) in [7, 11) is 0. The highest BCUT2D eigenvalue weighted by Crippen LogP contribution is 2.68. The zero-order chi connectivity index (χ0) is 20.8. The molecule has 29 heavy (non-hydrogen) atoms. The van der Waals surface area contributed by atoms with Crippen LogP contribution in [0, 0.1) is 46.3 Å². The van der Waals surface area contributed by atoms with Gasteiger partial charge in [-0.3, -0.25) is 0 Å². The van der Waals surface area contributed by atoms with Crippen LogP contribution in [0.5, 0.6) is 0 Å². The van der Waals surface area contributed by atoms with Crippen molar-refractivity contribution in [2.45, 2.75) is 104 Å². The van der Waals surface area contributed by atoms with Gasteiger partial charge >= 0.3 is 5.97 Å². The zero-order valence-electron chi connectivity index (χ0n) is 19.2. The first-order chi connectivity index (χ1) is 13.8. The van der Waals surface area contributed by atoms with Crippen LogP contribution in [0.2, 0.25) is 0 Å². The Labute approximate surface area is 178 Å². The number of carboxylic acids is 1. The number of carbonyl (C=O) groups is 1. The van der Waals surface area contributed by atoms with Gasteiger partial charge in [-0.25, -0.2) is 4.79 Å². The highest BCUT2D eigenvalue weighted by molar-refractivity contribution is 5.85. The summed E-state index contributed by atoms with van der Waals surface area (Å²) in [6.07, 6.45) is 17.5. The molecule has 2 nitrogen and oxygen atoms in total. The zero-order valence-corrected chi connectivity index (χ0v) is 19.2. The van der Waals surface area contributed by atoms with Crippen molar-refractivity contribution in [2.75, 3.05) is 0 Å². The largest absolute Gasteiger partial charge is 0.478 e. The first-order valence-corrected chi connectivity index (χ1v) is 12.7. The molecule has 0 aromatic carbocycles. The summed E-state index contributed by atoms with van der Waals surface area (Å²) in [6.45, 7) is 11.5. The maximum absolute atomic E-state index is 11.0. The summed E-state index contributed by atoms with van der Waals surface area (Å²) >= 11 is 0. The third kappa shape index (κ3) is 3.61. The molecule has 2 heteroatoms. The fourth-order valence-electron chi connectivity index (χ4n) is 9.22. The summed E-state index contributed by atoms with van der Waals surface area (Å²) in [5.74, 6) is 4.66. The Balaban J connectivity index is 1.42. The lowest BCUT2D eigenvalue weighted by Crippen LogP contribution is -2.53. The van der Waals surface area contributed by atoms with Crippen LogP contribution in [-0.2, 0) is 4.79 Å². The van der Waals surface area contributed by atoms with Crippen molar-refractivity contribution in [3.63, 3.8) is 0 Å². The van der Waals surface area contributed by atoms with Crippen molar-refractivity contribution >= 4 is 5.97 Å². The van der Waals surface area contributed by atoms with Gasteiger partial charge < -0.3 is 5.11 Å². The molecular formula is C27H44O2. The number of hydrogen-bond donors (Lipinski definition) is 1. The third-order valence-electron chi connectivity index (χ3n) is 10.8. The van der Waals surface area contributed by atoms with E-state index in [0.717, 1.165) is 42.4 Å². The predicted octanol–water partition coefficient (Wildman–Crippen LogP) is 7.48. The first-order valence-electron chi connectivity index (χ1n) is 12.7. The minimum Gasteiger partial charge on any atom is -0.478 e. The van der Waals surface area contributed by atoms with Crippen molar-refractivity contribution in [3.05, 3.63) is 12.2 Å². The molecule has 4 fully saturated rings. The first kappa shape index (κ1) is 21.4. The summed E-state index contributed by atoms with van der Waals surface area (Å²) in [4.78, 5) is 11.0. The number of rotatable bonds is 6. The van der Waals surface area contributed by atoms with E-state index < -0.39 is 5.97 Å². The van der Waals surface area contributed by atoms with Gasteiger partial charge in [-0.05, 0) is 111 Å². The van der Waals surface area contributed by atoms with E-state index in [-0.39, 0.29) is 0 Å². The van der Waals surface area contributed by atoms with Crippen LogP contribution in [0.4, 0.5) is 0 Å². The average molecular weight is 401 g/mol. The number of fused-ring (bicyclic) bond motifs is 5. The minimum absolute atomic E-state index is 0.380. The second-order valence-electron chi connectivity index (χ2n) is 11.9. The third-order valence-corrected chi connectivity index (χ3v) is 10.8. The molecule has 4 saturated carbocycles. The summed E-state index contributed by atoms with van der Waals surface area (Å²) < 4.78 is 0. The molecule has 1 N–H and O–H groups in total. The normalized spacial score (nSPS) is 45.0. The maximum Gasteiger partial charge on any atom is 0.330 e. The smallest absolute Gasteiger partial charge is 0.330 e. The van der Waals surface area contributed by atoms with Crippen LogP contribution in [0.1, 0.15) is 104 Å². The topological polar surface area (TPSA) is 37.3 Å². The molecule has 0 aromatic heterocycles. The molecular weight excluding hydrogens is 356 g/mol. The van der Waals surface area contributed by atoms with Gasteiger partial charge in [0.1, 0.15) is 0 Å². The molecule has 0 saturated heterocycles. The van der Waals surface area contributed by atoms with Crippen LogP contribution in [0.25, 0.3) is 0 Å². The monoisotopic (exact) mass is 400 g/mol. The summed E-state index contributed by atoms with van der Waals surface area (Å²) in [5.41, 5.74) is 1.55. The Hall–Kier alpha value is -0.790. The molecule has 0 bridgehead atoms. The summed E-state index contributed by atoms with van der Waals surface area (Å²) in [6, 6.07) is 0. The summed E-state index contributed by atoms with van der Waals surface area (Å²) in [5, 5.41) is 9.07. The fourth-order valence-corrected chi connectivity index (χ4v) is 9.22. The van der Waals surface area contributed by atoms with Gasteiger partial charge in [0.15, 0.2) is 0 Å². The van der Waals surface area contributed by atoms with Gasteiger partial charge in [0.25, 0.3) is 0 Å². The van der Waals surface area contributed by atoms with E-state index in [1.165, 1.54) is 64.2 Å². The molecule has 1 unspecified atom stereocenters. The van der Waals surface area contributed by atoms with Crippen molar-refractivity contribution in [1.82, 2.24) is 0 Å². The van der Waals surface area contributed by atoms with Gasteiger partial charge in [0.05, 0.1) is 0 Å². The molecule has 0 heterocycles. The molecule has 0 radical (unpaired) electrons. The molecule has 8 atom stereocenters. The molecule has 4 rings (SSSR count). The van der Waals surface area contributed by atoms with Gasteiger partial charge in [-0.15, -0.1) is 0 Å². The molecule has 0 aromatic rings. The van der Waals surface area contributed by atoms with E-state index in [2.05, 4.69) is 27.4 Å². The SMILES string of the molecule is C=C(CCC[C@@H](C)[C@H]1CC[C@H]2[C@@H]3CCC4CCCC[C@]4(C)[C@H]3CC[C@]12C)C(=O)O.